The Morgan fingerprint density at radius 2 is 1.86 bits per heavy atom. The quantitative estimate of drug-likeness (QED) is 0.807. The monoisotopic (exact) mass is 294 g/mol. The lowest BCUT2D eigenvalue weighted by Gasteiger charge is -2.14. The molecule has 108 valence electrons. The number of nitrogens with zero attached hydrogens (tertiary/aromatic N) is 4. The number of amides is 1. The van der Waals surface area contributed by atoms with E-state index in [0.29, 0.717) is 13.1 Å². The molecule has 0 atom stereocenters. The lowest BCUT2D eigenvalue weighted by atomic mass is 10.2. The Labute approximate surface area is 117 Å². The van der Waals surface area contributed by atoms with Gasteiger partial charge in [0.2, 0.25) is 5.82 Å². The summed E-state index contributed by atoms with van der Waals surface area (Å²) in [4.78, 5) is 24.2. The van der Waals surface area contributed by atoms with Crippen molar-refractivity contribution in [2.24, 2.45) is 0 Å². The number of fused-ring (bicyclic) bond motifs is 1. The van der Waals surface area contributed by atoms with E-state index in [1.807, 2.05) is 6.07 Å². The highest BCUT2D eigenvalue weighted by atomic mass is 19.4. The molecule has 0 radical (unpaired) electrons. The Bertz CT molecular complexity index is 660. The maximum atomic E-state index is 12.4. The normalized spacial score (nSPS) is 14.1. The van der Waals surface area contributed by atoms with Crippen molar-refractivity contribution in [3.05, 3.63) is 53.4 Å². The minimum atomic E-state index is -4.62. The zero-order valence-electron chi connectivity index (χ0n) is 10.6. The second-order valence-corrected chi connectivity index (χ2v) is 4.56. The van der Waals surface area contributed by atoms with E-state index < -0.39 is 17.9 Å². The average molecular weight is 294 g/mol. The molecule has 1 amide bonds. The van der Waals surface area contributed by atoms with Crippen LogP contribution in [0.3, 0.4) is 0 Å². The van der Waals surface area contributed by atoms with Crippen molar-refractivity contribution in [3.8, 4) is 0 Å². The smallest absolute Gasteiger partial charge is 0.328 e. The highest BCUT2D eigenvalue weighted by Gasteiger charge is 2.35. The van der Waals surface area contributed by atoms with Crippen LogP contribution >= 0.6 is 0 Å². The molecule has 0 saturated carbocycles. The molecule has 0 saturated heterocycles. The van der Waals surface area contributed by atoms with Gasteiger partial charge >= 0.3 is 6.18 Å². The number of hydrogen-bond donors (Lipinski definition) is 0. The number of carbonyl (C=O) groups is 1. The van der Waals surface area contributed by atoms with E-state index in [-0.39, 0.29) is 5.56 Å². The van der Waals surface area contributed by atoms with Crippen LogP contribution in [0, 0.1) is 0 Å². The number of hydrogen-bond acceptors (Lipinski definition) is 4. The number of carbonyl (C=O) groups excluding carboxylic acids is 1. The highest BCUT2D eigenvalue weighted by molar-refractivity contribution is 5.93. The summed E-state index contributed by atoms with van der Waals surface area (Å²) >= 11 is 0. The second-order valence-electron chi connectivity index (χ2n) is 4.56. The minimum absolute atomic E-state index is 0.0239. The van der Waals surface area contributed by atoms with Crippen molar-refractivity contribution in [2.45, 2.75) is 19.3 Å². The summed E-state index contributed by atoms with van der Waals surface area (Å²) in [6, 6.07) is 3.63. The average Bonchev–Trinajstić information content (AvgIpc) is 2.89. The lowest BCUT2D eigenvalue weighted by molar-refractivity contribution is -0.145. The van der Waals surface area contributed by atoms with Crippen molar-refractivity contribution in [1.82, 2.24) is 19.9 Å². The predicted octanol–water partition coefficient (Wildman–Crippen LogP) is 2.05. The molecule has 3 rings (SSSR count). The van der Waals surface area contributed by atoms with Gasteiger partial charge in [-0.3, -0.25) is 9.78 Å². The minimum Gasteiger partial charge on any atom is -0.328 e. The third-order valence-corrected chi connectivity index (χ3v) is 3.13. The van der Waals surface area contributed by atoms with Gasteiger partial charge in [0, 0.05) is 25.1 Å². The van der Waals surface area contributed by atoms with Crippen LogP contribution in [0.2, 0.25) is 0 Å². The van der Waals surface area contributed by atoms with Crippen LogP contribution in [0.15, 0.2) is 30.7 Å². The maximum absolute atomic E-state index is 12.4. The van der Waals surface area contributed by atoms with Gasteiger partial charge in [-0.1, -0.05) is 6.07 Å². The van der Waals surface area contributed by atoms with E-state index in [9.17, 15) is 18.0 Å². The van der Waals surface area contributed by atoms with E-state index in [0.717, 1.165) is 23.7 Å². The number of rotatable bonds is 1. The SMILES string of the molecule is O=C(c1cnc(C(F)(F)F)nc1)N1Cc2cccnc2C1. The number of alkyl halides is 3. The third kappa shape index (κ3) is 2.56. The van der Waals surface area contributed by atoms with Crippen molar-refractivity contribution < 1.29 is 18.0 Å². The molecule has 0 fully saturated rings. The van der Waals surface area contributed by atoms with Crippen LogP contribution in [-0.2, 0) is 19.3 Å². The molecule has 21 heavy (non-hydrogen) atoms. The first-order chi connectivity index (χ1) is 9.95. The van der Waals surface area contributed by atoms with E-state index in [2.05, 4.69) is 15.0 Å². The van der Waals surface area contributed by atoms with Gasteiger partial charge in [-0.15, -0.1) is 0 Å². The number of aromatic nitrogens is 3. The largest absolute Gasteiger partial charge is 0.451 e. The summed E-state index contributed by atoms with van der Waals surface area (Å²) in [6.07, 6.45) is -1.19. The Morgan fingerprint density at radius 3 is 2.48 bits per heavy atom. The van der Waals surface area contributed by atoms with Crippen LogP contribution in [-0.4, -0.2) is 25.8 Å². The Hall–Kier alpha value is -2.51. The zero-order chi connectivity index (χ0) is 15.0. The fourth-order valence-corrected chi connectivity index (χ4v) is 2.11. The molecule has 0 aromatic carbocycles. The molecule has 1 aliphatic rings. The highest BCUT2D eigenvalue weighted by Crippen LogP contribution is 2.26. The van der Waals surface area contributed by atoms with Crippen LogP contribution in [0.4, 0.5) is 13.2 Å². The molecular weight excluding hydrogens is 285 g/mol. The molecule has 1 aliphatic heterocycles. The standard InChI is InChI=1S/C13H9F3N4O/c14-13(15,16)12-18-4-9(5-19-12)11(21)20-6-8-2-1-3-17-10(8)7-20/h1-5H,6-7H2. The van der Waals surface area contributed by atoms with Gasteiger partial charge in [-0.2, -0.15) is 13.2 Å². The molecule has 0 N–H and O–H groups in total. The van der Waals surface area contributed by atoms with Gasteiger partial charge in [0.05, 0.1) is 17.8 Å². The van der Waals surface area contributed by atoms with E-state index in [1.54, 1.807) is 12.3 Å². The van der Waals surface area contributed by atoms with Crippen LogP contribution in [0.1, 0.15) is 27.4 Å². The van der Waals surface area contributed by atoms with Gasteiger partial charge in [0.15, 0.2) is 0 Å². The van der Waals surface area contributed by atoms with Crippen molar-refractivity contribution in [2.75, 3.05) is 0 Å². The first kappa shape index (κ1) is 13.5. The zero-order valence-corrected chi connectivity index (χ0v) is 10.6. The Kier molecular flexibility index (Phi) is 3.08. The lowest BCUT2D eigenvalue weighted by Crippen LogP contribution is -2.26. The molecule has 0 bridgehead atoms. The van der Waals surface area contributed by atoms with Crippen LogP contribution in [0.5, 0.6) is 0 Å². The van der Waals surface area contributed by atoms with Crippen molar-refractivity contribution in [1.29, 1.82) is 0 Å². The molecule has 2 aromatic rings. The summed E-state index contributed by atoms with van der Waals surface area (Å²) in [5.74, 6) is -1.67. The molecule has 0 spiro atoms. The summed E-state index contributed by atoms with van der Waals surface area (Å²) < 4.78 is 37.1. The fraction of sp³-hybridized carbons (Fsp3) is 0.231. The Morgan fingerprint density at radius 1 is 1.14 bits per heavy atom. The van der Waals surface area contributed by atoms with Crippen molar-refractivity contribution >= 4 is 5.91 Å². The van der Waals surface area contributed by atoms with Crippen molar-refractivity contribution in [3.63, 3.8) is 0 Å². The van der Waals surface area contributed by atoms with E-state index >= 15 is 0 Å². The summed E-state index contributed by atoms with van der Waals surface area (Å²) in [6.45, 7) is 0.707. The maximum Gasteiger partial charge on any atom is 0.451 e. The number of pyridine rings is 1. The topological polar surface area (TPSA) is 59.0 Å². The van der Waals surface area contributed by atoms with Crippen LogP contribution in [0.25, 0.3) is 0 Å². The summed E-state index contributed by atoms with van der Waals surface area (Å²) in [5.41, 5.74) is 1.74. The fourth-order valence-electron chi connectivity index (χ4n) is 2.11. The molecule has 2 aromatic heterocycles. The number of halogens is 3. The van der Waals surface area contributed by atoms with Gasteiger partial charge in [0.25, 0.3) is 5.91 Å². The molecule has 3 heterocycles. The molecular formula is C13H9F3N4O. The summed E-state index contributed by atoms with van der Waals surface area (Å²) in [7, 11) is 0. The first-order valence-corrected chi connectivity index (χ1v) is 6.06. The van der Waals surface area contributed by atoms with E-state index in [1.165, 1.54) is 4.90 Å². The molecule has 8 heteroatoms. The molecule has 0 unspecified atom stereocenters. The third-order valence-electron chi connectivity index (χ3n) is 3.13. The first-order valence-electron chi connectivity index (χ1n) is 6.06. The second kappa shape index (κ2) is 4.80. The molecule has 0 aliphatic carbocycles. The van der Waals surface area contributed by atoms with E-state index in [4.69, 9.17) is 0 Å². The van der Waals surface area contributed by atoms with Gasteiger partial charge in [0.1, 0.15) is 0 Å². The predicted molar refractivity (Wildman–Crippen MR) is 64.8 cm³/mol. The van der Waals surface area contributed by atoms with Gasteiger partial charge < -0.3 is 4.90 Å². The Balaban J connectivity index is 1.78. The van der Waals surface area contributed by atoms with Gasteiger partial charge in [-0.25, -0.2) is 9.97 Å². The van der Waals surface area contributed by atoms with Crippen LogP contribution < -0.4 is 0 Å². The van der Waals surface area contributed by atoms with Gasteiger partial charge in [-0.05, 0) is 11.6 Å². The molecule has 5 nitrogen and oxygen atoms in total. The summed E-state index contributed by atoms with van der Waals surface area (Å²) in [5, 5.41) is 0.